The molecular weight excluding hydrogens is 344 g/mol. The van der Waals surface area contributed by atoms with E-state index in [9.17, 15) is 13.6 Å². The number of benzene rings is 2. The lowest BCUT2D eigenvalue weighted by molar-refractivity contribution is -0.0498. The minimum atomic E-state index is -2.84. The number of rotatable bonds is 7. The lowest BCUT2D eigenvalue weighted by Crippen LogP contribution is -2.25. The molecule has 9 heteroatoms. The zero-order chi connectivity index (χ0) is 18.4. The summed E-state index contributed by atoms with van der Waals surface area (Å²) in [6.07, 6.45) is 2.04. The highest BCUT2D eigenvalue weighted by molar-refractivity contribution is 5.94. The first kappa shape index (κ1) is 17.5. The van der Waals surface area contributed by atoms with Gasteiger partial charge in [-0.3, -0.25) is 4.79 Å². The Bertz CT molecular complexity index is 837. The number of carbonyl (C=O) groups excluding carboxylic acids is 1. The number of halogens is 2. The molecule has 0 aliphatic heterocycles. The topological polar surface area (TPSA) is 81.9 Å². The van der Waals surface area contributed by atoms with E-state index in [0.717, 1.165) is 11.3 Å². The molecule has 1 N–H and O–H groups in total. The summed E-state index contributed by atoms with van der Waals surface area (Å²) in [6, 6.07) is 13.2. The lowest BCUT2D eigenvalue weighted by atomic mass is 10.1. The minimum Gasteiger partial charge on any atom is -0.435 e. The van der Waals surface area contributed by atoms with Crippen LogP contribution in [0, 0.1) is 0 Å². The van der Waals surface area contributed by atoms with Crippen LogP contribution in [0.5, 0.6) is 5.75 Å². The lowest BCUT2D eigenvalue weighted by Gasteiger charge is -2.08. The molecule has 0 atom stereocenters. The molecule has 0 saturated carbocycles. The molecule has 0 aliphatic carbocycles. The summed E-state index contributed by atoms with van der Waals surface area (Å²) < 4.78 is 30.0. The molecule has 0 unspecified atom stereocenters. The molecule has 0 fully saturated rings. The summed E-state index contributed by atoms with van der Waals surface area (Å²) in [5.74, 6) is -0.0959. The molecule has 1 amide bonds. The molecule has 0 spiro atoms. The van der Waals surface area contributed by atoms with Crippen LogP contribution in [0.1, 0.15) is 15.9 Å². The van der Waals surface area contributed by atoms with Crippen LogP contribution >= 0.6 is 0 Å². The maximum absolute atomic E-state index is 12.1. The second kappa shape index (κ2) is 8.15. The van der Waals surface area contributed by atoms with Crippen LogP contribution in [-0.2, 0) is 6.42 Å². The first-order valence-corrected chi connectivity index (χ1v) is 7.77. The van der Waals surface area contributed by atoms with Crippen molar-refractivity contribution in [2.45, 2.75) is 13.0 Å². The van der Waals surface area contributed by atoms with Gasteiger partial charge >= 0.3 is 6.61 Å². The van der Waals surface area contributed by atoms with Crippen LogP contribution in [0.2, 0.25) is 0 Å². The summed E-state index contributed by atoms with van der Waals surface area (Å²) in [5.41, 5.74) is 2.17. The van der Waals surface area contributed by atoms with Gasteiger partial charge in [0.2, 0.25) is 0 Å². The smallest absolute Gasteiger partial charge is 0.387 e. The third-order valence-electron chi connectivity index (χ3n) is 3.59. The van der Waals surface area contributed by atoms with Gasteiger partial charge in [0.1, 0.15) is 12.1 Å². The molecule has 2 aromatic carbocycles. The van der Waals surface area contributed by atoms with Crippen molar-refractivity contribution in [2.24, 2.45) is 0 Å². The van der Waals surface area contributed by atoms with Crippen molar-refractivity contribution in [3.63, 3.8) is 0 Å². The highest BCUT2D eigenvalue weighted by Gasteiger charge is 2.07. The Hall–Kier alpha value is -3.36. The van der Waals surface area contributed by atoms with E-state index in [4.69, 9.17) is 0 Å². The average molecular weight is 359 g/mol. The molecule has 0 radical (unpaired) electrons. The fraction of sp³-hybridized carbons (Fsp3) is 0.176. The highest BCUT2D eigenvalue weighted by Crippen LogP contribution is 2.15. The van der Waals surface area contributed by atoms with Gasteiger partial charge in [-0.05, 0) is 58.8 Å². The van der Waals surface area contributed by atoms with E-state index in [0.29, 0.717) is 18.5 Å². The van der Waals surface area contributed by atoms with Crippen LogP contribution in [0.4, 0.5) is 8.78 Å². The number of nitrogens with zero attached hydrogens (tertiary/aromatic N) is 4. The van der Waals surface area contributed by atoms with Crippen molar-refractivity contribution in [3.05, 3.63) is 66.0 Å². The van der Waals surface area contributed by atoms with Crippen molar-refractivity contribution in [1.29, 1.82) is 0 Å². The van der Waals surface area contributed by atoms with E-state index in [2.05, 4.69) is 25.6 Å². The second-order valence-corrected chi connectivity index (χ2v) is 5.33. The molecule has 26 heavy (non-hydrogen) atoms. The number of ether oxygens (including phenoxy) is 1. The zero-order valence-electron chi connectivity index (χ0n) is 13.5. The molecule has 0 bridgehead atoms. The van der Waals surface area contributed by atoms with Crippen LogP contribution in [0.25, 0.3) is 5.69 Å². The summed E-state index contributed by atoms with van der Waals surface area (Å²) >= 11 is 0. The van der Waals surface area contributed by atoms with E-state index >= 15 is 0 Å². The predicted octanol–water partition coefficient (Wildman–Crippen LogP) is 2.24. The van der Waals surface area contributed by atoms with Gasteiger partial charge in [-0.25, -0.2) is 4.68 Å². The second-order valence-electron chi connectivity index (χ2n) is 5.33. The van der Waals surface area contributed by atoms with E-state index in [1.807, 2.05) is 0 Å². The predicted molar refractivity (Wildman–Crippen MR) is 88.3 cm³/mol. The summed E-state index contributed by atoms with van der Waals surface area (Å²) in [6.45, 7) is -2.42. The quantitative estimate of drug-likeness (QED) is 0.700. The fourth-order valence-corrected chi connectivity index (χ4v) is 2.31. The number of tetrazole rings is 1. The van der Waals surface area contributed by atoms with Crippen LogP contribution in [0.3, 0.4) is 0 Å². The standard InChI is InChI=1S/C17H15F2N5O2/c18-17(19)26-15-7-1-12(2-8-15)9-10-20-16(25)13-3-5-14(6-4-13)24-11-21-22-23-24/h1-8,11,17H,9-10H2,(H,20,25). The normalized spacial score (nSPS) is 10.7. The number of nitrogens with one attached hydrogen (secondary N) is 1. The summed E-state index contributed by atoms with van der Waals surface area (Å²) in [5, 5.41) is 13.7. The van der Waals surface area contributed by atoms with Crippen LogP contribution < -0.4 is 10.1 Å². The van der Waals surface area contributed by atoms with Gasteiger partial charge in [-0.15, -0.1) is 5.10 Å². The van der Waals surface area contributed by atoms with Gasteiger partial charge in [0.25, 0.3) is 5.91 Å². The van der Waals surface area contributed by atoms with Gasteiger partial charge in [0, 0.05) is 12.1 Å². The first-order chi connectivity index (χ1) is 12.6. The largest absolute Gasteiger partial charge is 0.435 e. The molecular formula is C17H15F2N5O2. The highest BCUT2D eigenvalue weighted by atomic mass is 19.3. The molecule has 3 rings (SSSR count). The maximum Gasteiger partial charge on any atom is 0.387 e. The Labute approximate surface area is 147 Å². The maximum atomic E-state index is 12.1. The van der Waals surface area contributed by atoms with Crippen LogP contribution in [0.15, 0.2) is 54.9 Å². The summed E-state index contributed by atoms with van der Waals surface area (Å²) in [4.78, 5) is 12.1. The van der Waals surface area contributed by atoms with Crippen LogP contribution in [-0.4, -0.2) is 39.3 Å². The minimum absolute atomic E-state index is 0.107. The summed E-state index contributed by atoms with van der Waals surface area (Å²) in [7, 11) is 0. The number of alkyl halides is 2. The third-order valence-corrected chi connectivity index (χ3v) is 3.59. The molecule has 0 saturated heterocycles. The number of hydrogen-bond donors (Lipinski definition) is 1. The Morgan fingerprint density at radius 1 is 1.12 bits per heavy atom. The molecule has 3 aromatic rings. The third kappa shape index (κ3) is 4.59. The molecule has 0 aliphatic rings. The number of carbonyl (C=O) groups is 1. The van der Waals surface area contributed by atoms with Crippen molar-refractivity contribution >= 4 is 5.91 Å². The average Bonchev–Trinajstić information content (AvgIpc) is 3.17. The van der Waals surface area contributed by atoms with Gasteiger partial charge in [0.15, 0.2) is 0 Å². The number of aromatic nitrogens is 4. The van der Waals surface area contributed by atoms with Crippen molar-refractivity contribution in [3.8, 4) is 11.4 Å². The Balaban J connectivity index is 1.49. The molecule has 1 aromatic heterocycles. The monoisotopic (exact) mass is 359 g/mol. The first-order valence-electron chi connectivity index (χ1n) is 7.77. The van der Waals surface area contributed by atoms with E-state index in [1.54, 1.807) is 36.4 Å². The van der Waals surface area contributed by atoms with Crippen molar-refractivity contribution in [2.75, 3.05) is 6.54 Å². The fourth-order valence-electron chi connectivity index (χ4n) is 2.31. The van der Waals surface area contributed by atoms with Gasteiger partial charge in [0.05, 0.1) is 5.69 Å². The number of amides is 1. The zero-order valence-corrected chi connectivity index (χ0v) is 13.5. The van der Waals surface area contributed by atoms with E-state index in [1.165, 1.54) is 23.1 Å². The van der Waals surface area contributed by atoms with Gasteiger partial charge in [-0.2, -0.15) is 8.78 Å². The van der Waals surface area contributed by atoms with E-state index in [-0.39, 0.29) is 11.7 Å². The van der Waals surface area contributed by atoms with E-state index < -0.39 is 6.61 Å². The Kier molecular flexibility index (Phi) is 5.47. The molecule has 1 heterocycles. The van der Waals surface area contributed by atoms with Crippen molar-refractivity contribution in [1.82, 2.24) is 25.5 Å². The number of hydrogen-bond acceptors (Lipinski definition) is 5. The van der Waals surface area contributed by atoms with Gasteiger partial charge in [-0.1, -0.05) is 12.1 Å². The Morgan fingerprint density at radius 3 is 2.46 bits per heavy atom. The Morgan fingerprint density at radius 2 is 1.85 bits per heavy atom. The molecule has 134 valence electrons. The molecule has 7 nitrogen and oxygen atoms in total. The van der Waals surface area contributed by atoms with Crippen molar-refractivity contribution < 1.29 is 18.3 Å². The van der Waals surface area contributed by atoms with Gasteiger partial charge < -0.3 is 10.1 Å². The SMILES string of the molecule is O=C(NCCc1ccc(OC(F)F)cc1)c1ccc(-n2cnnn2)cc1.